The number of aromatic hydroxyl groups is 1. The molecule has 156 valence electrons. The van der Waals surface area contributed by atoms with Crippen molar-refractivity contribution < 1.29 is 27.9 Å². The maximum atomic E-state index is 12.6. The summed E-state index contributed by atoms with van der Waals surface area (Å²) >= 11 is 0. The molecule has 2 aromatic carbocycles. The number of nitrogens with two attached hydrogens (primary N) is 1. The number of carbonyl (C=O) groups excluding carboxylic acids is 2. The number of ether oxygens (including phenoxy) is 1. The lowest BCUT2D eigenvalue weighted by atomic mass is 10.1. The van der Waals surface area contributed by atoms with Crippen LogP contribution in [-0.4, -0.2) is 36.5 Å². The Morgan fingerprint density at radius 3 is 2.20 bits per heavy atom. The Morgan fingerprint density at radius 1 is 1.03 bits per heavy atom. The van der Waals surface area contributed by atoms with Crippen molar-refractivity contribution in [3.63, 3.8) is 0 Å². The van der Waals surface area contributed by atoms with E-state index in [-0.39, 0.29) is 22.0 Å². The van der Waals surface area contributed by atoms with Gasteiger partial charge in [-0.15, -0.1) is 0 Å². The minimum Gasteiger partial charge on any atom is -0.508 e. The molecule has 0 fully saturated rings. The van der Waals surface area contributed by atoms with Gasteiger partial charge in [-0.2, -0.15) is 0 Å². The zero-order chi connectivity index (χ0) is 22.1. The molecule has 0 atom stereocenters. The predicted molar refractivity (Wildman–Crippen MR) is 109 cm³/mol. The minimum absolute atomic E-state index is 0.00819. The monoisotopic (exact) mass is 428 g/mol. The lowest BCUT2D eigenvalue weighted by Crippen LogP contribution is -2.15. The molecule has 0 aliphatic carbocycles. The molecule has 1 heterocycles. The van der Waals surface area contributed by atoms with Gasteiger partial charge in [0, 0.05) is 22.6 Å². The molecule has 0 bridgehead atoms. The van der Waals surface area contributed by atoms with Crippen molar-refractivity contribution in [1.82, 2.24) is 4.57 Å². The molecule has 0 aliphatic heterocycles. The third-order valence-corrected chi connectivity index (χ3v) is 5.52. The number of aromatic nitrogens is 1. The number of sulfonamides is 1. The third kappa shape index (κ3) is 4.42. The number of primary sulfonamides is 1. The number of rotatable bonds is 6. The maximum absolute atomic E-state index is 12.6. The fraction of sp³-hybridized carbons (Fsp3) is 0.143. The first-order chi connectivity index (χ1) is 14.1. The molecule has 0 aliphatic rings. The molecule has 3 rings (SSSR count). The second-order valence-corrected chi connectivity index (χ2v) is 8.27. The van der Waals surface area contributed by atoms with Gasteiger partial charge in [0.25, 0.3) is 0 Å². The lowest BCUT2D eigenvalue weighted by molar-refractivity contribution is 0.0474. The first-order valence-corrected chi connectivity index (χ1v) is 10.4. The molecule has 30 heavy (non-hydrogen) atoms. The standard InChI is InChI=1S/C21H20N2O6S/c1-13-11-19(20(25)12-29-21(26)15-3-7-17(24)8-4-15)14(2)23(13)16-5-9-18(10-6-16)30(22,27)28/h3-11,24H,12H2,1-2H3,(H2,22,27,28). The highest BCUT2D eigenvalue weighted by atomic mass is 32.2. The minimum atomic E-state index is -3.80. The van der Waals surface area contributed by atoms with E-state index in [4.69, 9.17) is 9.88 Å². The number of aryl methyl sites for hydroxylation is 1. The molecule has 0 amide bonds. The van der Waals surface area contributed by atoms with Crippen molar-refractivity contribution in [2.24, 2.45) is 5.14 Å². The van der Waals surface area contributed by atoms with Crippen molar-refractivity contribution in [3.05, 3.63) is 77.1 Å². The molecule has 3 aromatic rings. The van der Waals surface area contributed by atoms with Crippen LogP contribution in [0.25, 0.3) is 5.69 Å². The van der Waals surface area contributed by atoms with E-state index >= 15 is 0 Å². The van der Waals surface area contributed by atoms with Gasteiger partial charge in [-0.3, -0.25) is 4.79 Å². The van der Waals surface area contributed by atoms with E-state index in [1.165, 1.54) is 36.4 Å². The van der Waals surface area contributed by atoms with Crippen molar-refractivity contribution in [3.8, 4) is 11.4 Å². The Hall–Kier alpha value is -3.43. The summed E-state index contributed by atoms with van der Waals surface area (Å²) in [6.45, 7) is 3.11. The van der Waals surface area contributed by atoms with Crippen LogP contribution in [0, 0.1) is 13.8 Å². The van der Waals surface area contributed by atoms with E-state index in [0.29, 0.717) is 16.9 Å². The molecule has 0 spiro atoms. The molecule has 3 N–H and O–H groups in total. The highest BCUT2D eigenvalue weighted by Gasteiger charge is 2.19. The van der Waals surface area contributed by atoms with Gasteiger partial charge in [0.1, 0.15) is 5.75 Å². The zero-order valence-corrected chi connectivity index (χ0v) is 17.1. The SMILES string of the molecule is Cc1cc(C(=O)COC(=O)c2ccc(O)cc2)c(C)n1-c1ccc(S(N)(=O)=O)cc1. The van der Waals surface area contributed by atoms with Crippen LogP contribution in [0.15, 0.2) is 59.5 Å². The van der Waals surface area contributed by atoms with E-state index in [2.05, 4.69) is 0 Å². The normalized spacial score (nSPS) is 11.3. The van der Waals surface area contributed by atoms with Crippen LogP contribution >= 0.6 is 0 Å². The van der Waals surface area contributed by atoms with Crippen LogP contribution < -0.4 is 5.14 Å². The van der Waals surface area contributed by atoms with Crippen LogP contribution in [-0.2, 0) is 14.8 Å². The smallest absolute Gasteiger partial charge is 0.338 e. The number of hydrogen-bond donors (Lipinski definition) is 2. The average molecular weight is 428 g/mol. The molecular weight excluding hydrogens is 408 g/mol. The number of ketones is 1. The van der Waals surface area contributed by atoms with Crippen LogP contribution in [0.4, 0.5) is 0 Å². The summed E-state index contributed by atoms with van der Waals surface area (Å²) in [5.41, 5.74) is 2.66. The Labute approximate surface area is 173 Å². The molecule has 9 heteroatoms. The Morgan fingerprint density at radius 2 is 1.63 bits per heavy atom. The van der Waals surface area contributed by atoms with Crippen molar-refractivity contribution in [2.45, 2.75) is 18.7 Å². The molecule has 0 unspecified atom stereocenters. The number of carbonyl (C=O) groups is 2. The van der Waals surface area contributed by atoms with E-state index < -0.39 is 22.6 Å². The number of hydrogen-bond acceptors (Lipinski definition) is 6. The van der Waals surface area contributed by atoms with Crippen LogP contribution in [0.2, 0.25) is 0 Å². The maximum Gasteiger partial charge on any atom is 0.338 e. The summed E-state index contributed by atoms with van der Waals surface area (Å²) in [6, 6.07) is 13.2. The summed E-state index contributed by atoms with van der Waals surface area (Å²) < 4.78 is 29.7. The highest BCUT2D eigenvalue weighted by molar-refractivity contribution is 7.89. The largest absolute Gasteiger partial charge is 0.508 e. The first kappa shape index (κ1) is 21.3. The first-order valence-electron chi connectivity index (χ1n) is 8.89. The fourth-order valence-electron chi connectivity index (χ4n) is 3.12. The van der Waals surface area contributed by atoms with Gasteiger partial charge in [0.2, 0.25) is 15.8 Å². The summed E-state index contributed by atoms with van der Waals surface area (Å²) in [6.07, 6.45) is 0. The number of benzene rings is 2. The van der Waals surface area contributed by atoms with Crippen molar-refractivity contribution >= 4 is 21.8 Å². The van der Waals surface area contributed by atoms with Gasteiger partial charge < -0.3 is 14.4 Å². The van der Waals surface area contributed by atoms with Crippen molar-refractivity contribution in [1.29, 1.82) is 0 Å². The molecule has 0 radical (unpaired) electrons. The summed E-state index contributed by atoms with van der Waals surface area (Å²) in [5, 5.41) is 14.4. The van der Waals surface area contributed by atoms with Crippen molar-refractivity contribution in [2.75, 3.05) is 6.61 Å². The third-order valence-electron chi connectivity index (χ3n) is 4.59. The van der Waals surface area contributed by atoms with E-state index in [1.807, 2.05) is 0 Å². The summed E-state index contributed by atoms with van der Waals surface area (Å²) in [4.78, 5) is 24.7. The average Bonchev–Trinajstić information content (AvgIpc) is 3.00. The van der Waals surface area contributed by atoms with Gasteiger partial charge in [-0.05, 0) is 68.4 Å². The molecular formula is C21H20N2O6S. The van der Waals surface area contributed by atoms with Gasteiger partial charge in [-0.1, -0.05) is 0 Å². The number of phenolic OH excluding ortho intramolecular Hbond substituents is 1. The molecule has 1 aromatic heterocycles. The van der Waals surface area contributed by atoms with E-state index in [9.17, 15) is 23.1 Å². The quantitative estimate of drug-likeness (QED) is 0.458. The van der Waals surface area contributed by atoms with E-state index in [0.717, 1.165) is 5.69 Å². The Balaban J connectivity index is 1.78. The number of esters is 1. The lowest BCUT2D eigenvalue weighted by Gasteiger charge is -2.10. The van der Waals surface area contributed by atoms with Gasteiger partial charge in [0.05, 0.1) is 10.5 Å². The van der Waals surface area contributed by atoms with Crippen LogP contribution in [0.3, 0.4) is 0 Å². The van der Waals surface area contributed by atoms with Gasteiger partial charge >= 0.3 is 5.97 Å². The molecule has 0 saturated heterocycles. The molecule has 0 saturated carbocycles. The Kier molecular flexibility index (Phi) is 5.77. The second kappa shape index (κ2) is 8.13. The number of phenols is 1. The van der Waals surface area contributed by atoms with Gasteiger partial charge in [0.15, 0.2) is 6.61 Å². The highest BCUT2D eigenvalue weighted by Crippen LogP contribution is 2.22. The fourth-order valence-corrected chi connectivity index (χ4v) is 3.63. The summed E-state index contributed by atoms with van der Waals surface area (Å²) in [7, 11) is -3.80. The van der Waals surface area contributed by atoms with Crippen LogP contribution in [0.1, 0.15) is 32.1 Å². The number of Topliss-reactive ketones (excluding diaryl/α,β-unsaturated/α-hetero) is 1. The summed E-state index contributed by atoms with van der Waals surface area (Å²) in [5.74, 6) is -1.02. The zero-order valence-electron chi connectivity index (χ0n) is 16.3. The van der Waals surface area contributed by atoms with Gasteiger partial charge in [-0.25, -0.2) is 18.4 Å². The van der Waals surface area contributed by atoms with Crippen LogP contribution in [0.5, 0.6) is 5.75 Å². The van der Waals surface area contributed by atoms with E-state index in [1.54, 1.807) is 36.6 Å². The number of nitrogens with zero attached hydrogens (tertiary/aromatic N) is 1. The topological polar surface area (TPSA) is 129 Å². The molecule has 8 nitrogen and oxygen atoms in total. The second-order valence-electron chi connectivity index (χ2n) is 6.71. The Bertz CT molecular complexity index is 1210. The predicted octanol–water partition coefficient (Wildman–Crippen LogP) is 2.49.